The van der Waals surface area contributed by atoms with Gasteiger partial charge in [-0.3, -0.25) is 9.59 Å². The number of hydrogen-bond acceptors (Lipinski definition) is 3. The first kappa shape index (κ1) is 18.2. The summed E-state index contributed by atoms with van der Waals surface area (Å²) in [5.41, 5.74) is 0. The van der Waals surface area contributed by atoms with Gasteiger partial charge in [-0.25, -0.2) is 0 Å². The minimum absolute atomic E-state index is 0. The highest BCUT2D eigenvalue weighted by molar-refractivity contribution is 5.93. The van der Waals surface area contributed by atoms with Crippen LogP contribution in [0.3, 0.4) is 0 Å². The second-order valence-corrected chi connectivity index (χ2v) is 2.33. The lowest BCUT2D eigenvalue weighted by atomic mass is 10.3. The lowest BCUT2D eigenvalue weighted by Crippen LogP contribution is -2.00. The highest BCUT2D eigenvalue weighted by Gasteiger charge is 1.98. The Balaban J connectivity index is -0.000000150. The number of carbonyl (C=O) groups is 3. The second kappa shape index (κ2) is 11.3. The highest BCUT2D eigenvalue weighted by Crippen LogP contribution is 1.77. The Bertz CT molecular complexity index is 165. The van der Waals surface area contributed by atoms with Gasteiger partial charge in [0.1, 0.15) is 18.0 Å². The van der Waals surface area contributed by atoms with Crippen LogP contribution < -0.4 is 0 Å². The van der Waals surface area contributed by atoms with Crippen LogP contribution in [0.5, 0.6) is 0 Å². The number of rotatable bonds is 3. The molecule has 0 aromatic carbocycles. The van der Waals surface area contributed by atoms with E-state index in [-0.39, 0.29) is 35.3 Å². The van der Waals surface area contributed by atoms with Gasteiger partial charge < -0.3 is 9.90 Å². The summed E-state index contributed by atoms with van der Waals surface area (Å²) in [7, 11) is 0. The third-order valence-electron chi connectivity index (χ3n) is 0.898. The zero-order chi connectivity index (χ0) is 10.1. The van der Waals surface area contributed by atoms with Gasteiger partial charge >= 0.3 is 5.97 Å². The van der Waals surface area contributed by atoms with Crippen molar-refractivity contribution in [3.63, 3.8) is 0 Å². The SMILES string of the molecule is CC(=O)CC(=O)O.CCC(C)=O.[AlH3]. The fourth-order valence-electron chi connectivity index (χ4n) is 0.213. The van der Waals surface area contributed by atoms with E-state index >= 15 is 0 Å². The molecule has 0 unspecified atom stereocenters. The van der Waals surface area contributed by atoms with Gasteiger partial charge in [-0.05, 0) is 13.8 Å². The maximum absolute atomic E-state index is 9.87. The topological polar surface area (TPSA) is 71.4 Å². The van der Waals surface area contributed by atoms with Crippen molar-refractivity contribution in [2.24, 2.45) is 0 Å². The summed E-state index contributed by atoms with van der Waals surface area (Å²) in [6.45, 7) is 4.68. The van der Waals surface area contributed by atoms with E-state index in [1.807, 2.05) is 6.92 Å². The van der Waals surface area contributed by atoms with Gasteiger partial charge in [-0.2, -0.15) is 0 Å². The standard InChI is InChI=1S/C4H6O3.C4H8O.Al.3H/c1-3(5)2-4(6)7;1-3-4(2)5;;;;/h2H2,1H3,(H,6,7);3H2,1-2H3;;;;. The zero-order valence-corrected chi connectivity index (χ0v) is 7.59. The van der Waals surface area contributed by atoms with E-state index in [4.69, 9.17) is 5.11 Å². The largest absolute Gasteiger partial charge is 0.481 e. The molecule has 5 heteroatoms. The minimum Gasteiger partial charge on any atom is -0.481 e. The van der Waals surface area contributed by atoms with Gasteiger partial charge in [0.25, 0.3) is 0 Å². The molecule has 0 aliphatic rings. The lowest BCUT2D eigenvalue weighted by molar-refractivity contribution is -0.139. The molecule has 0 radical (unpaired) electrons. The molecule has 4 nitrogen and oxygen atoms in total. The van der Waals surface area contributed by atoms with E-state index < -0.39 is 5.97 Å². The second-order valence-electron chi connectivity index (χ2n) is 2.33. The molecule has 1 N–H and O–H groups in total. The number of carboxylic acid groups (broad SMARTS) is 1. The van der Waals surface area contributed by atoms with Gasteiger partial charge in [0.05, 0.1) is 0 Å². The van der Waals surface area contributed by atoms with Crippen molar-refractivity contribution in [1.29, 1.82) is 0 Å². The number of carboxylic acids is 1. The van der Waals surface area contributed by atoms with Crippen molar-refractivity contribution < 1.29 is 19.5 Å². The van der Waals surface area contributed by atoms with Crippen molar-refractivity contribution in [3.05, 3.63) is 0 Å². The summed E-state index contributed by atoms with van der Waals surface area (Å²) in [6, 6.07) is 0. The van der Waals surface area contributed by atoms with Crippen LogP contribution in [-0.4, -0.2) is 40.0 Å². The van der Waals surface area contributed by atoms with Crippen LogP contribution in [0.15, 0.2) is 0 Å². The first-order valence-corrected chi connectivity index (χ1v) is 3.60. The fraction of sp³-hybridized carbons (Fsp3) is 0.625. The van der Waals surface area contributed by atoms with E-state index in [9.17, 15) is 14.4 Å². The number of aliphatic carboxylic acids is 1. The molecule has 0 rings (SSSR count). The van der Waals surface area contributed by atoms with E-state index in [2.05, 4.69) is 0 Å². The summed E-state index contributed by atoms with van der Waals surface area (Å²) >= 11 is 0. The first-order valence-electron chi connectivity index (χ1n) is 3.60. The van der Waals surface area contributed by atoms with Gasteiger partial charge in [-0.15, -0.1) is 0 Å². The molecule has 0 bridgehead atoms. The van der Waals surface area contributed by atoms with Crippen molar-refractivity contribution in [2.75, 3.05) is 0 Å². The van der Waals surface area contributed by atoms with Crippen molar-refractivity contribution in [2.45, 2.75) is 33.6 Å². The van der Waals surface area contributed by atoms with Crippen LogP contribution in [0.25, 0.3) is 0 Å². The smallest absolute Gasteiger partial charge is 0.310 e. The molecule has 0 heterocycles. The Kier molecular flexibility index (Phi) is 15.9. The monoisotopic (exact) mass is 204 g/mol. The third kappa shape index (κ3) is 34.7. The Hall–Kier alpha value is -0.658. The molecule has 0 saturated heterocycles. The average molecular weight is 204 g/mol. The maximum atomic E-state index is 9.87. The average Bonchev–Trinajstić information content (AvgIpc) is 1.85. The molecule has 76 valence electrons. The van der Waals surface area contributed by atoms with Crippen molar-refractivity contribution in [3.8, 4) is 0 Å². The fourth-order valence-corrected chi connectivity index (χ4v) is 0.213. The zero-order valence-electron chi connectivity index (χ0n) is 7.59. The summed E-state index contributed by atoms with van der Waals surface area (Å²) in [6.07, 6.45) is 0.306. The summed E-state index contributed by atoms with van der Waals surface area (Å²) in [5, 5.41) is 7.86. The molecule has 0 aromatic rings. The summed E-state index contributed by atoms with van der Waals surface area (Å²) in [4.78, 5) is 29.3. The van der Waals surface area contributed by atoms with Crippen LogP contribution in [0, 0.1) is 0 Å². The van der Waals surface area contributed by atoms with Gasteiger partial charge in [0, 0.05) is 6.42 Å². The Labute approximate surface area is 88.5 Å². The van der Waals surface area contributed by atoms with E-state index in [0.29, 0.717) is 6.42 Å². The van der Waals surface area contributed by atoms with Gasteiger partial charge in [-0.1, -0.05) is 6.92 Å². The molecule has 0 aromatic heterocycles. The first-order chi connectivity index (χ1) is 5.40. The molecular weight excluding hydrogens is 187 g/mol. The van der Waals surface area contributed by atoms with E-state index in [0.717, 1.165) is 0 Å². The molecule has 0 amide bonds. The lowest BCUT2D eigenvalue weighted by Gasteiger charge is -1.80. The molecule has 0 spiro atoms. The minimum atomic E-state index is -1.06. The normalized spacial score (nSPS) is 7.31. The quantitative estimate of drug-likeness (QED) is 0.512. The predicted molar refractivity (Wildman–Crippen MR) is 53.8 cm³/mol. The van der Waals surface area contributed by atoms with Crippen molar-refractivity contribution in [1.82, 2.24) is 0 Å². The Morgan fingerprint density at radius 2 is 1.38 bits per heavy atom. The molecule has 0 aliphatic heterocycles. The molecule has 0 aliphatic carbocycles. The molecule has 0 saturated carbocycles. The predicted octanol–water partition coefficient (Wildman–Crippen LogP) is -0.148. The third-order valence-corrected chi connectivity index (χ3v) is 0.898. The molecular formula is C8H17AlO4. The van der Waals surface area contributed by atoms with E-state index in [1.165, 1.54) is 6.92 Å². The van der Waals surface area contributed by atoms with Gasteiger partial charge in [0.2, 0.25) is 0 Å². The maximum Gasteiger partial charge on any atom is 0.310 e. The number of hydrogen-bond donors (Lipinski definition) is 1. The highest BCUT2D eigenvalue weighted by atomic mass is 27.0. The van der Waals surface area contributed by atoms with Crippen LogP contribution in [-0.2, 0) is 14.4 Å². The van der Waals surface area contributed by atoms with Crippen LogP contribution >= 0.6 is 0 Å². The Morgan fingerprint density at radius 1 is 1.08 bits per heavy atom. The van der Waals surface area contributed by atoms with Crippen molar-refractivity contribution >= 4 is 34.9 Å². The number of ketones is 2. The molecule has 13 heavy (non-hydrogen) atoms. The summed E-state index contributed by atoms with van der Waals surface area (Å²) < 4.78 is 0. The molecule has 0 fully saturated rings. The van der Waals surface area contributed by atoms with Crippen LogP contribution in [0.4, 0.5) is 0 Å². The Morgan fingerprint density at radius 3 is 1.38 bits per heavy atom. The van der Waals surface area contributed by atoms with E-state index in [1.54, 1.807) is 6.92 Å². The number of carbonyl (C=O) groups excluding carboxylic acids is 2. The van der Waals surface area contributed by atoms with Crippen LogP contribution in [0.1, 0.15) is 33.6 Å². The van der Waals surface area contributed by atoms with Gasteiger partial charge in [0.15, 0.2) is 17.4 Å². The summed E-state index contributed by atoms with van der Waals surface area (Å²) in [5.74, 6) is -1.12. The van der Waals surface area contributed by atoms with Crippen LogP contribution in [0.2, 0.25) is 0 Å². The molecule has 0 atom stereocenters. The number of Topliss-reactive ketones (excluding diaryl/α,β-unsaturated/α-hetero) is 2.